The van der Waals surface area contributed by atoms with Gasteiger partial charge in [-0.15, -0.1) is 0 Å². The highest BCUT2D eigenvalue weighted by molar-refractivity contribution is 5.84. The average Bonchev–Trinajstić information content (AvgIpc) is 3.49. The number of aldehydes is 1. The van der Waals surface area contributed by atoms with Gasteiger partial charge in [0, 0.05) is 18.0 Å². The van der Waals surface area contributed by atoms with Gasteiger partial charge in [0.2, 0.25) is 0 Å². The van der Waals surface area contributed by atoms with Crippen molar-refractivity contribution in [1.29, 1.82) is 0 Å². The number of aliphatic hydroxyl groups is 1. The van der Waals surface area contributed by atoms with Gasteiger partial charge in [0.15, 0.2) is 18.5 Å². The largest absolute Gasteiger partial charge is 0.480 e. The molecule has 9 nitrogen and oxygen atoms in total. The van der Waals surface area contributed by atoms with Gasteiger partial charge in [-0.05, 0) is 70.5 Å². The van der Waals surface area contributed by atoms with E-state index in [-0.39, 0.29) is 12.5 Å². The molecule has 2 aliphatic carbocycles. The van der Waals surface area contributed by atoms with Crippen LogP contribution in [0.25, 0.3) is 0 Å². The Morgan fingerprint density at radius 3 is 2.94 bits per heavy atom. The van der Waals surface area contributed by atoms with E-state index in [0.717, 1.165) is 36.9 Å². The first-order chi connectivity index (χ1) is 16.8. The Morgan fingerprint density at radius 1 is 1.37 bits per heavy atom. The van der Waals surface area contributed by atoms with Gasteiger partial charge in [-0.2, -0.15) is 0 Å². The maximum Gasteiger partial charge on any atom is 0.352 e. The van der Waals surface area contributed by atoms with Crippen molar-refractivity contribution in [3.63, 3.8) is 0 Å². The number of piperidine rings is 1. The van der Waals surface area contributed by atoms with Crippen molar-refractivity contribution in [3.8, 4) is 5.75 Å². The Kier molecular flexibility index (Phi) is 5.11. The summed E-state index contributed by atoms with van der Waals surface area (Å²) in [5.41, 5.74) is 0.376. The predicted molar refractivity (Wildman–Crippen MR) is 123 cm³/mol. The van der Waals surface area contributed by atoms with Crippen molar-refractivity contribution >= 4 is 18.2 Å². The molecule has 2 saturated heterocycles. The standard InChI is InChI=1S/C26H30N2O7/c1-14(33-24(31)17-4-3-10-27-17)23(30)34-18-7-8-26(32)19-12-15-5-6-16(13-29)21-20(15)25(26,22(18)35-21)9-11-28(19)2/h5-7,13-14,17,19,22,27,32H,3-4,8-12H2,1-2H3/t14-,17-,19+,22-,25-,26+/m0/s1. The summed E-state index contributed by atoms with van der Waals surface area (Å²) >= 11 is 0. The van der Waals surface area contributed by atoms with Crippen LogP contribution in [0.5, 0.6) is 5.75 Å². The number of likely N-dealkylation sites (tertiary alicyclic amines) is 1. The Morgan fingerprint density at radius 2 is 2.20 bits per heavy atom. The maximum absolute atomic E-state index is 13.0. The highest BCUT2D eigenvalue weighted by atomic mass is 16.6. The Labute approximate surface area is 203 Å². The van der Waals surface area contributed by atoms with Gasteiger partial charge in [0.1, 0.15) is 17.6 Å². The van der Waals surface area contributed by atoms with Gasteiger partial charge in [0.25, 0.3) is 0 Å². The molecule has 1 aromatic carbocycles. The summed E-state index contributed by atoms with van der Waals surface area (Å²) in [6.45, 7) is 2.98. The van der Waals surface area contributed by atoms with Crippen LogP contribution in [0.15, 0.2) is 24.0 Å². The van der Waals surface area contributed by atoms with Crippen LogP contribution in [-0.2, 0) is 30.9 Å². The third kappa shape index (κ3) is 3.01. The fourth-order valence-corrected chi connectivity index (χ4v) is 6.95. The first kappa shape index (κ1) is 22.7. The molecule has 3 aliphatic heterocycles. The monoisotopic (exact) mass is 482 g/mol. The molecule has 0 amide bonds. The molecule has 1 aromatic rings. The van der Waals surface area contributed by atoms with E-state index in [2.05, 4.69) is 10.2 Å². The zero-order valence-corrected chi connectivity index (χ0v) is 19.9. The predicted octanol–water partition coefficient (Wildman–Crippen LogP) is 1.00. The minimum absolute atomic E-state index is 0.129. The molecule has 0 saturated carbocycles. The summed E-state index contributed by atoms with van der Waals surface area (Å²) in [5.74, 6) is -0.391. The molecule has 5 aliphatic rings. The number of nitrogens with one attached hydrogen (secondary N) is 1. The molecule has 3 heterocycles. The summed E-state index contributed by atoms with van der Waals surface area (Å²) < 4.78 is 17.5. The van der Waals surface area contributed by atoms with Gasteiger partial charge in [-0.3, -0.25) is 9.59 Å². The normalized spacial score (nSPS) is 35.4. The van der Waals surface area contributed by atoms with E-state index < -0.39 is 41.2 Å². The minimum Gasteiger partial charge on any atom is -0.480 e. The molecular formula is C26H30N2O7. The number of carbonyl (C=O) groups excluding carboxylic acids is 3. The van der Waals surface area contributed by atoms with E-state index in [1.165, 1.54) is 6.92 Å². The minimum atomic E-state index is -1.13. The molecular weight excluding hydrogens is 452 g/mol. The van der Waals surface area contributed by atoms with E-state index in [4.69, 9.17) is 14.2 Å². The van der Waals surface area contributed by atoms with Crippen molar-refractivity contribution in [2.45, 2.75) is 74.3 Å². The van der Waals surface area contributed by atoms with E-state index in [9.17, 15) is 19.5 Å². The smallest absolute Gasteiger partial charge is 0.352 e. The second kappa shape index (κ2) is 7.88. The van der Waals surface area contributed by atoms with Crippen molar-refractivity contribution in [2.24, 2.45) is 0 Å². The fraction of sp³-hybridized carbons (Fsp3) is 0.577. The topological polar surface area (TPSA) is 114 Å². The van der Waals surface area contributed by atoms with Crippen LogP contribution >= 0.6 is 0 Å². The van der Waals surface area contributed by atoms with Crippen molar-refractivity contribution in [2.75, 3.05) is 20.1 Å². The molecule has 2 bridgehead atoms. The summed E-state index contributed by atoms with van der Waals surface area (Å²) in [7, 11) is 2.01. The van der Waals surface area contributed by atoms with Crippen LogP contribution < -0.4 is 10.1 Å². The van der Waals surface area contributed by atoms with Gasteiger partial charge in [-0.1, -0.05) is 6.07 Å². The number of ether oxygens (including phenoxy) is 3. The molecule has 0 radical (unpaired) electrons. The molecule has 2 fully saturated rings. The summed E-state index contributed by atoms with van der Waals surface area (Å²) in [6.07, 6.45) is 3.73. The lowest BCUT2D eigenvalue weighted by molar-refractivity contribution is -0.175. The third-order valence-electron chi connectivity index (χ3n) is 8.72. The highest BCUT2D eigenvalue weighted by Gasteiger charge is 2.72. The van der Waals surface area contributed by atoms with Crippen LogP contribution in [0.4, 0.5) is 0 Å². The van der Waals surface area contributed by atoms with Gasteiger partial charge < -0.3 is 29.5 Å². The number of nitrogens with zero attached hydrogens (tertiary/aromatic N) is 1. The quantitative estimate of drug-likeness (QED) is 0.469. The Bertz CT molecular complexity index is 1140. The lowest BCUT2D eigenvalue weighted by Crippen LogP contribution is -2.74. The van der Waals surface area contributed by atoms with Crippen LogP contribution in [0.2, 0.25) is 0 Å². The third-order valence-corrected chi connectivity index (χ3v) is 8.72. The molecule has 186 valence electrons. The van der Waals surface area contributed by atoms with E-state index in [1.807, 2.05) is 13.1 Å². The molecule has 1 spiro atoms. The number of hydrogen-bond acceptors (Lipinski definition) is 9. The fourth-order valence-electron chi connectivity index (χ4n) is 6.95. The van der Waals surface area contributed by atoms with Gasteiger partial charge in [0.05, 0.1) is 16.6 Å². The zero-order chi connectivity index (χ0) is 24.5. The lowest BCUT2D eigenvalue weighted by atomic mass is 9.50. The Balaban J connectivity index is 1.33. The second-order valence-corrected chi connectivity index (χ2v) is 10.4. The second-order valence-electron chi connectivity index (χ2n) is 10.4. The summed E-state index contributed by atoms with van der Waals surface area (Å²) in [5, 5.41) is 15.2. The number of benzene rings is 1. The average molecular weight is 483 g/mol. The van der Waals surface area contributed by atoms with Gasteiger partial charge >= 0.3 is 11.9 Å². The number of carbonyl (C=O) groups is 3. The van der Waals surface area contributed by atoms with E-state index >= 15 is 0 Å². The SMILES string of the molecule is C[C@H](OC(=O)[C@@H]1CCCN1)C(=O)OC1=CC[C@@]2(O)[C@H]3Cc4ccc(C=O)c5c4[C@@]2(CCN3C)[C@H]1O5. The number of esters is 2. The van der Waals surface area contributed by atoms with Crippen LogP contribution in [0.3, 0.4) is 0 Å². The molecule has 6 rings (SSSR count). The summed E-state index contributed by atoms with van der Waals surface area (Å²) in [6, 6.07) is 3.17. The number of likely N-dealkylation sites (N-methyl/N-ethyl adjacent to an activating group) is 1. The molecule has 2 N–H and O–H groups in total. The number of rotatable bonds is 5. The van der Waals surface area contributed by atoms with Crippen molar-refractivity contribution in [3.05, 3.63) is 40.7 Å². The maximum atomic E-state index is 13.0. The summed E-state index contributed by atoms with van der Waals surface area (Å²) in [4.78, 5) is 39.3. The van der Waals surface area contributed by atoms with Crippen molar-refractivity contribution in [1.82, 2.24) is 10.2 Å². The molecule has 0 unspecified atom stereocenters. The van der Waals surface area contributed by atoms with Crippen LogP contribution in [0.1, 0.15) is 54.1 Å². The van der Waals surface area contributed by atoms with Gasteiger partial charge in [-0.25, -0.2) is 4.79 Å². The molecule has 0 aromatic heterocycles. The highest BCUT2D eigenvalue weighted by Crippen LogP contribution is 2.64. The molecule has 35 heavy (non-hydrogen) atoms. The zero-order valence-electron chi connectivity index (χ0n) is 19.9. The van der Waals surface area contributed by atoms with Crippen LogP contribution in [0, 0.1) is 0 Å². The van der Waals surface area contributed by atoms with E-state index in [1.54, 1.807) is 12.1 Å². The van der Waals surface area contributed by atoms with E-state index in [0.29, 0.717) is 36.3 Å². The molecule has 6 atom stereocenters. The van der Waals surface area contributed by atoms with Crippen molar-refractivity contribution < 1.29 is 33.7 Å². The Hall–Kier alpha value is -2.75. The van der Waals surface area contributed by atoms with Crippen LogP contribution in [-0.4, -0.2) is 78.3 Å². The first-order valence-corrected chi connectivity index (χ1v) is 12.4. The number of hydrogen-bond donors (Lipinski definition) is 2. The first-order valence-electron chi connectivity index (χ1n) is 12.4. The molecule has 9 heteroatoms. The lowest BCUT2D eigenvalue weighted by Gasteiger charge is -2.61.